The molecule has 142 valence electrons. The lowest BCUT2D eigenvalue weighted by Crippen LogP contribution is -2.31. The quantitative estimate of drug-likeness (QED) is 0.517. The molecular formula is C20H17FN4O2S. The summed E-state index contributed by atoms with van der Waals surface area (Å²) in [5, 5.41) is 7.66. The van der Waals surface area contributed by atoms with Gasteiger partial charge in [-0.25, -0.2) is 12.8 Å². The maximum Gasteiger partial charge on any atom is 0.266 e. The Labute approximate surface area is 161 Å². The van der Waals surface area contributed by atoms with E-state index in [-0.39, 0.29) is 17.1 Å². The minimum atomic E-state index is -3.96. The van der Waals surface area contributed by atoms with Crippen molar-refractivity contribution in [1.29, 1.82) is 0 Å². The largest absolute Gasteiger partial charge is 0.288 e. The van der Waals surface area contributed by atoms with Crippen molar-refractivity contribution in [1.82, 2.24) is 14.6 Å². The third-order valence-electron chi connectivity index (χ3n) is 4.46. The first-order valence-electron chi connectivity index (χ1n) is 8.57. The summed E-state index contributed by atoms with van der Waals surface area (Å²) in [6.45, 7) is 1.71. The zero-order valence-electron chi connectivity index (χ0n) is 15.0. The van der Waals surface area contributed by atoms with Gasteiger partial charge in [0.05, 0.1) is 12.2 Å². The van der Waals surface area contributed by atoms with Gasteiger partial charge in [-0.15, -0.1) is 10.2 Å². The fourth-order valence-electron chi connectivity index (χ4n) is 2.89. The molecule has 0 amide bonds. The van der Waals surface area contributed by atoms with Crippen LogP contribution in [-0.2, 0) is 16.6 Å². The minimum Gasteiger partial charge on any atom is -0.288 e. The molecule has 0 saturated carbocycles. The average molecular weight is 396 g/mol. The number of rotatable bonds is 5. The zero-order valence-corrected chi connectivity index (χ0v) is 15.8. The number of fused-ring (bicyclic) bond motifs is 1. The molecule has 0 aliphatic rings. The van der Waals surface area contributed by atoms with Crippen molar-refractivity contribution in [3.05, 3.63) is 90.1 Å². The summed E-state index contributed by atoms with van der Waals surface area (Å²) in [6.07, 6.45) is 2.88. The molecule has 0 aliphatic carbocycles. The van der Waals surface area contributed by atoms with Crippen molar-refractivity contribution in [3.63, 3.8) is 0 Å². The summed E-state index contributed by atoms with van der Waals surface area (Å²) < 4.78 is 43.8. The number of benzene rings is 2. The first-order chi connectivity index (χ1) is 13.4. The number of hydrogen-bond donors (Lipinski definition) is 0. The van der Waals surface area contributed by atoms with Gasteiger partial charge in [0.1, 0.15) is 17.0 Å². The van der Waals surface area contributed by atoms with Crippen LogP contribution in [0.3, 0.4) is 0 Å². The molecule has 0 atom stereocenters. The summed E-state index contributed by atoms with van der Waals surface area (Å²) >= 11 is 0. The lowest BCUT2D eigenvalue weighted by Gasteiger charge is -2.25. The van der Waals surface area contributed by atoms with E-state index in [4.69, 9.17) is 0 Å². The van der Waals surface area contributed by atoms with Gasteiger partial charge < -0.3 is 0 Å². The van der Waals surface area contributed by atoms with Crippen LogP contribution < -0.4 is 4.31 Å². The molecule has 0 saturated heterocycles. The predicted octanol–water partition coefficient (Wildman–Crippen LogP) is 3.57. The van der Waals surface area contributed by atoms with Crippen LogP contribution in [0.2, 0.25) is 0 Å². The van der Waals surface area contributed by atoms with E-state index in [1.54, 1.807) is 25.1 Å². The molecule has 0 bridgehead atoms. The highest BCUT2D eigenvalue weighted by atomic mass is 32.2. The van der Waals surface area contributed by atoms with Gasteiger partial charge in [0.2, 0.25) is 0 Å². The van der Waals surface area contributed by atoms with E-state index in [0.717, 1.165) is 5.56 Å². The van der Waals surface area contributed by atoms with Crippen LogP contribution in [0.25, 0.3) is 5.65 Å². The second kappa shape index (κ2) is 7.05. The molecule has 0 fully saturated rings. The van der Waals surface area contributed by atoms with Crippen molar-refractivity contribution >= 4 is 21.4 Å². The van der Waals surface area contributed by atoms with Crippen molar-refractivity contribution in [3.8, 4) is 0 Å². The fourth-order valence-corrected chi connectivity index (χ4v) is 4.34. The first-order valence-corrected chi connectivity index (χ1v) is 10.0. The van der Waals surface area contributed by atoms with E-state index in [1.165, 1.54) is 33.4 Å². The Bertz CT molecular complexity index is 1240. The monoisotopic (exact) mass is 396 g/mol. The Kier molecular flexibility index (Phi) is 4.56. The number of sulfonamides is 1. The van der Waals surface area contributed by atoms with Gasteiger partial charge in [-0.1, -0.05) is 36.4 Å². The molecule has 0 aliphatic heterocycles. The van der Waals surface area contributed by atoms with E-state index >= 15 is 0 Å². The lowest BCUT2D eigenvalue weighted by molar-refractivity contribution is 0.589. The maximum absolute atomic E-state index is 14.2. The molecule has 0 N–H and O–H groups in total. The molecule has 0 unspecified atom stereocenters. The summed E-state index contributed by atoms with van der Waals surface area (Å²) in [5.41, 5.74) is 2.04. The van der Waals surface area contributed by atoms with Gasteiger partial charge in [0, 0.05) is 6.20 Å². The Morgan fingerprint density at radius 1 is 1.07 bits per heavy atom. The van der Waals surface area contributed by atoms with E-state index in [9.17, 15) is 12.8 Å². The SMILES string of the molecule is Cc1ccc(N(Cc2ccccc2)S(=O)(=O)c2ccc3nncn3c2)cc1F. The van der Waals surface area contributed by atoms with Gasteiger partial charge >= 0.3 is 0 Å². The molecule has 2 heterocycles. The second-order valence-electron chi connectivity index (χ2n) is 6.39. The van der Waals surface area contributed by atoms with Crippen LogP contribution in [-0.4, -0.2) is 23.0 Å². The molecule has 4 aromatic rings. The number of halogens is 1. The van der Waals surface area contributed by atoms with E-state index in [1.807, 2.05) is 30.3 Å². The predicted molar refractivity (Wildman–Crippen MR) is 104 cm³/mol. The molecule has 8 heteroatoms. The maximum atomic E-state index is 14.2. The summed E-state index contributed by atoms with van der Waals surface area (Å²) in [4.78, 5) is 0.0664. The summed E-state index contributed by atoms with van der Waals surface area (Å²) in [7, 11) is -3.96. The normalized spacial score (nSPS) is 11.6. The Morgan fingerprint density at radius 3 is 2.61 bits per heavy atom. The number of anilines is 1. The summed E-state index contributed by atoms with van der Waals surface area (Å²) in [5.74, 6) is -0.458. The third kappa shape index (κ3) is 3.34. The topological polar surface area (TPSA) is 67.6 Å². The second-order valence-corrected chi connectivity index (χ2v) is 8.25. The number of nitrogens with zero attached hydrogens (tertiary/aromatic N) is 4. The van der Waals surface area contributed by atoms with Crippen LogP contribution in [0.1, 0.15) is 11.1 Å². The molecule has 0 spiro atoms. The van der Waals surface area contributed by atoms with E-state index in [0.29, 0.717) is 11.2 Å². The van der Waals surface area contributed by atoms with Gasteiger partial charge in [0.15, 0.2) is 5.65 Å². The van der Waals surface area contributed by atoms with Crippen molar-refractivity contribution in [2.45, 2.75) is 18.4 Å². The van der Waals surface area contributed by atoms with Crippen molar-refractivity contribution in [2.24, 2.45) is 0 Å². The first kappa shape index (κ1) is 18.1. The standard InChI is InChI=1S/C20H17FN4O2S/c1-15-7-8-17(11-19(15)21)25(12-16-5-3-2-4-6-16)28(26,27)18-9-10-20-23-22-14-24(20)13-18/h2-11,13-14H,12H2,1H3. The van der Waals surface area contributed by atoms with Gasteiger partial charge in [-0.3, -0.25) is 8.71 Å². The molecule has 28 heavy (non-hydrogen) atoms. The van der Waals surface area contributed by atoms with Crippen LogP contribution in [0.4, 0.5) is 10.1 Å². The molecule has 2 aromatic heterocycles. The Hall–Kier alpha value is -3.26. The number of aryl methyl sites for hydroxylation is 1. The summed E-state index contributed by atoms with van der Waals surface area (Å²) in [6, 6.07) is 16.7. The van der Waals surface area contributed by atoms with Crippen LogP contribution >= 0.6 is 0 Å². The lowest BCUT2D eigenvalue weighted by atomic mass is 10.2. The van der Waals surface area contributed by atoms with Crippen LogP contribution in [0.5, 0.6) is 0 Å². The van der Waals surface area contributed by atoms with Gasteiger partial charge in [-0.05, 0) is 42.3 Å². The molecular weight excluding hydrogens is 379 g/mol. The number of hydrogen-bond acceptors (Lipinski definition) is 4. The van der Waals surface area contributed by atoms with Crippen molar-refractivity contribution in [2.75, 3.05) is 4.31 Å². The van der Waals surface area contributed by atoms with E-state index in [2.05, 4.69) is 10.2 Å². The minimum absolute atomic E-state index is 0.0664. The fraction of sp³-hybridized carbons (Fsp3) is 0.100. The van der Waals surface area contributed by atoms with Crippen LogP contribution in [0.15, 0.2) is 78.1 Å². The third-order valence-corrected chi connectivity index (χ3v) is 6.22. The zero-order chi connectivity index (χ0) is 19.7. The smallest absolute Gasteiger partial charge is 0.266 e. The van der Waals surface area contributed by atoms with E-state index < -0.39 is 15.8 Å². The molecule has 2 aromatic carbocycles. The molecule has 4 rings (SSSR count). The van der Waals surface area contributed by atoms with Gasteiger partial charge in [0.25, 0.3) is 10.0 Å². The van der Waals surface area contributed by atoms with Crippen molar-refractivity contribution < 1.29 is 12.8 Å². The highest BCUT2D eigenvalue weighted by Crippen LogP contribution is 2.27. The van der Waals surface area contributed by atoms with Gasteiger partial charge in [-0.2, -0.15) is 0 Å². The number of pyridine rings is 1. The Morgan fingerprint density at radius 2 is 1.86 bits per heavy atom. The molecule has 6 nitrogen and oxygen atoms in total. The molecule has 0 radical (unpaired) electrons. The number of aromatic nitrogens is 3. The highest BCUT2D eigenvalue weighted by Gasteiger charge is 2.26. The van der Waals surface area contributed by atoms with Crippen LogP contribution in [0, 0.1) is 12.7 Å². The highest BCUT2D eigenvalue weighted by molar-refractivity contribution is 7.92. The average Bonchev–Trinajstić information content (AvgIpc) is 3.17. The Balaban J connectivity index is 1.83.